The Bertz CT molecular complexity index is 1670. The lowest BCUT2D eigenvalue weighted by Gasteiger charge is -2.13. The van der Waals surface area contributed by atoms with E-state index in [0.29, 0.717) is 0 Å². The third-order valence-electron chi connectivity index (χ3n) is 6.94. The van der Waals surface area contributed by atoms with Crippen LogP contribution >= 0.6 is 15.9 Å². The summed E-state index contributed by atoms with van der Waals surface area (Å²) >= 11 is 3.78. The molecule has 0 amide bonds. The van der Waals surface area contributed by atoms with Gasteiger partial charge in [-0.25, -0.2) is 0 Å². The molecule has 0 saturated carbocycles. The molecule has 7 rings (SSSR count). The van der Waals surface area contributed by atoms with Crippen LogP contribution in [-0.4, -0.2) is 0 Å². The monoisotopic (exact) mass is 470 g/mol. The lowest BCUT2D eigenvalue weighted by atomic mass is 9.91. The van der Waals surface area contributed by atoms with Gasteiger partial charge in [0.2, 0.25) is 0 Å². The van der Waals surface area contributed by atoms with E-state index in [-0.39, 0.29) is 0 Å². The van der Waals surface area contributed by atoms with E-state index in [4.69, 9.17) is 0 Å². The Morgan fingerprint density at radius 3 is 1.78 bits per heavy atom. The minimum absolute atomic E-state index is 1.01. The maximum atomic E-state index is 3.78. The molecule has 0 aliphatic heterocycles. The van der Waals surface area contributed by atoms with Crippen LogP contribution in [0.1, 0.15) is 11.1 Å². The van der Waals surface area contributed by atoms with Gasteiger partial charge in [0.05, 0.1) is 0 Å². The van der Waals surface area contributed by atoms with Gasteiger partial charge in [-0.3, -0.25) is 0 Å². The van der Waals surface area contributed by atoms with E-state index < -0.39 is 0 Å². The summed E-state index contributed by atoms with van der Waals surface area (Å²) in [6.07, 6.45) is 1.01. The van der Waals surface area contributed by atoms with Gasteiger partial charge < -0.3 is 0 Å². The number of halogens is 1. The number of hydrogen-bond acceptors (Lipinski definition) is 0. The lowest BCUT2D eigenvalue weighted by Crippen LogP contribution is -1.86. The molecule has 0 saturated heterocycles. The van der Waals surface area contributed by atoms with Crippen LogP contribution in [0.5, 0.6) is 0 Å². The summed E-state index contributed by atoms with van der Waals surface area (Å²) in [6, 6.07) is 38.0. The smallest absolute Gasteiger partial charge is 0.0256 e. The molecule has 0 spiro atoms. The summed E-state index contributed by atoms with van der Waals surface area (Å²) in [6.45, 7) is 0. The summed E-state index contributed by atoms with van der Waals surface area (Å²) in [5.41, 5.74) is 8.05. The molecule has 0 N–H and O–H groups in total. The van der Waals surface area contributed by atoms with Gasteiger partial charge in [0.15, 0.2) is 0 Å². The summed E-state index contributed by atoms with van der Waals surface area (Å²) in [7, 11) is 0. The molecule has 150 valence electrons. The van der Waals surface area contributed by atoms with Crippen molar-refractivity contribution in [2.45, 2.75) is 6.42 Å². The highest BCUT2D eigenvalue weighted by Crippen LogP contribution is 2.43. The van der Waals surface area contributed by atoms with Gasteiger partial charge >= 0.3 is 0 Å². The number of hydrogen-bond donors (Lipinski definition) is 0. The zero-order valence-electron chi connectivity index (χ0n) is 17.4. The third kappa shape index (κ3) is 2.55. The molecule has 32 heavy (non-hydrogen) atoms. The van der Waals surface area contributed by atoms with Crippen LogP contribution in [-0.2, 0) is 6.42 Å². The molecular weight excluding hydrogens is 452 g/mol. The van der Waals surface area contributed by atoms with Gasteiger partial charge in [0.1, 0.15) is 0 Å². The summed E-state index contributed by atoms with van der Waals surface area (Å²) in [5, 5.41) is 7.91. The number of rotatable bonds is 1. The number of fused-ring (bicyclic) bond motifs is 9. The molecule has 0 heterocycles. The molecule has 1 heteroatoms. The van der Waals surface area contributed by atoms with E-state index in [9.17, 15) is 0 Å². The molecular formula is C31H19Br. The van der Waals surface area contributed by atoms with Crippen LogP contribution in [0, 0.1) is 0 Å². The predicted octanol–water partition coefficient (Wildman–Crippen LogP) is 9.15. The van der Waals surface area contributed by atoms with Crippen molar-refractivity contribution in [2.24, 2.45) is 0 Å². The van der Waals surface area contributed by atoms with Crippen molar-refractivity contribution in [3.63, 3.8) is 0 Å². The second-order valence-corrected chi connectivity index (χ2v) is 9.53. The first-order valence-electron chi connectivity index (χ1n) is 11.0. The van der Waals surface area contributed by atoms with Crippen molar-refractivity contribution in [1.82, 2.24) is 0 Å². The molecule has 6 aromatic rings. The van der Waals surface area contributed by atoms with Gasteiger partial charge in [0, 0.05) is 4.47 Å². The van der Waals surface area contributed by atoms with Crippen molar-refractivity contribution in [1.29, 1.82) is 0 Å². The zero-order chi connectivity index (χ0) is 21.2. The fourth-order valence-electron chi connectivity index (χ4n) is 5.45. The summed E-state index contributed by atoms with van der Waals surface area (Å²) in [4.78, 5) is 0. The molecule has 0 fully saturated rings. The van der Waals surface area contributed by atoms with Crippen LogP contribution in [0.3, 0.4) is 0 Å². The van der Waals surface area contributed by atoms with Crippen LogP contribution in [0.2, 0.25) is 0 Å². The fourth-order valence-corrected chi connectivity index (χ4v) is 6.07. The normalized spacial score (nSPS) is 12.4. The van der Waals surface area contributed by atoms with E-state index in [1.54, 1.807) is 0 Å². The highest BCUT2D eigenvalue weighted by atomic mass is 79.9. The van der Waals surface area contributed by atoms with E-state index >= 15 is 0 Å². The van der Waals surface area contributed by atoms with E-state index in [0.717, 1.165) is 6.42 Å². The molecule has 0 radical (unpaired) electrons. The first kappa shape index (κ1) is 18.2. The standard InChI is InChI=1S/C31H19Br/c32-30-11-5-6-22-16-21-13-12-19(17-28(21)31(22)30)20-14-15-27-25-9-2-1-7-23(25)24-8-3-4-10-26(24)29(27)18-20/h1-15,17-18H,16H2. The molecule has 6 aromatic carbocycles. The first-order chi connectivity index (χ1) is 15.8. The second kappa shape index (κ2) is 6.79. The van der Waals surface area contributed by atoms with Crippen molar-refractivity contribution >= 4 is 48.2 Å². The Morgan fingerprint density at radius 1 is 0.469 bits per heavy atom. The van der Waals surface area contributed by atoms with Gasteiger partial charge in [-0.2, -0.15) is 0 Å². The van der Waals surface area contributed by atoms with Crippen LogP contribution in [0.4, 0.5) is 0 Å². The van der Waals surface area contributed by atoms with Crippen molar-refractivity contribution in [2.75, 3.05) is 0 Å². The molecule has 0 aromatic heterocycles. The SMILES string of the molecule is Brc1cccc2c1-c1cc(-c3ccc4c5ccccc5c5ccccc5c4c3)ccc1C2. The molecule has 0 unspecified atom stereocenters. The molecule has 1 aliphatic carbocycles. The fraction of sp³-hybridized carbons (Fsp3) is 0.0323. The second-order valence-electron chi connectivity index (χ2n) is 8.67. The Balaban J connectivity index is 1.49. The Kier molecular flexibility index (Phi) is 3.86. The van der Waals surface area contributed by atoms with Crippen LogP contribution in [0.25, 0.3) is 54.6 Å². The maximum Gasteiger partial charge on any atom is 0.0256 e. The van der Waals surface area contributed by atoms with E-state index in [1.807, 2.05) is 0 Å². The Labute approximate surface area is 195 Å². The molecule has 0 nitrogen and oxygen atoms in total. The third-order valence-corrected chi connectivity index (χ3v) is 7.60. The van der Waals surface area contributed by atoms with Gasteiger partial charge in [-0.1, -0.05) is 101 Å². The van der Waals surface area contributed by atoms with Crippen LogP contribution in [0.15, 0.2) is 108 Å². The van der Waals surface area contributed by atoms with Crippen molar-refractivity contribution in [3.05, 3.63) is 119 Å². The van der Waals surface area contributed by atoms with Gasteiger partial charge in [-0.15, -0.1) is 0 Å². The quantitative estimate of drug-likeness (QED) is 0.210. The van der Waals surface area contributed by atoms with Crippen molar-refractivity contribution < 1.29 is 0 Å². The molecule has 0 bridgehead atoms. The minimum atomic E-state index is 1.01. The highest BCUT2D eigenvalue weighted by Gasteiger charge is 2.21. The molecule has 1 aliphatic rings. The zero-order valence-corrected chi connectivity index (χ0v) is 19.0. The van der Waals surface area contributed by atoms with Gasteiger partial charge in [-0.05, 0) is 90.3 Å². The average molecular weight is 471 g/mol. The lowest BCUT2D eigenvalue weighted by molar-refractivity contribution is 1.26. The average Bonchev–Trinajstić information content (AvgIpc) is 3.23. The van der Waals surface area contributed by atoms with Gasteiger partial charge in [0.25, 0.3) is 0 Å². The highest BCUT2D eigenvalue weighted by molar-refractivity contribution is 9.10. The number of benzene rings is 6. The van der Waals surface area contributed by atoms with Crippen molar-refractivity contribution in [3.8, 4) is 22.3 Å². The minimum Gasteiger partial charge on any atom is -0.0616 e. The topological polar surface area (TPSA) is 0 Å². The van der Waals surface area contributed by atoms with E-state index in [1.165, 1.54) is 70.2 Å². The van der Waals surface area contributed by atoms with Crippen LogP contribution < -0.4 is 0 Å². The largest absolute Gasteiger partial charge is 0.0616 e. The first-order valence-corrected chi connectivity index (χ1v) is 11.8. The predicted molar refractivity (Wildman–Crippen MR) is 140 cm³/mol. The summed E-state index contributed by atoms with van der Waals surface area (Å²) < 4.78 is 1.18. The Hall–Kier alpha value is -3.42. The Morgan fingerprint density at radius 2 is 1.06 bits per heavy atom. The van der Waals surface area contributed by atoms with E-state index in [2.05, 4.69) is 119 Å². The molecule has 0 atom stereocenters. The summed E-state index contributed by atoms with van der Waals surface area (Å²) in [5.74, 6) is 0. The maximum absolute atomic E-state index is 3.78.